The van der Waals surface area contributed by atoms with Crippen molar-refractivity contribution in [2.75, 3.05) is 7.11 Å². The summed E-state index contributed by atoms with van der Waals surface area (Å²) in [5.41, 5.74) is 1.72. The SMILES string of the molecule is COc1ccc(C(=O)CCCC(=O)NC(C)c2ccccc2)cc1. The van der Waals surface area contributed by atoms with E-state index in [1.54, 1.807) is 31.4 Å². The molecule has 2 rings (SSSR count). The number of ketones is 1. The molecule has 0 radical (unpaired) electrons. The summed E-state index contributed by atoms with van der Waals surface area (Å²) in [6.07, 6.45) is 1.25. The molecule has 0 saturated heterocycles. The summed E-state index contributed by atoms with van der Waals surface area (Å²) in [6.45, 7) is 1.95. The van der Waals surface area contributed by atoms with Crippen molar-refractivity contribution in [3.05, 3.63) is 65.7 Å². The van der Waals surface area contributed by atoms with Gasteiger partial charge in [-0.1, -0.05) is 30.3 Å². The van der Waals surface area contributed by atoms with Gasteiger partial charge < -0.3 is 10.1 Å². The van der Waals surface area contributed by atoms with Crippen LogP contribution in [0.15, 0.2) is 54.6 Å². The van der Waals surface area contributed by atoms with Crippen LogP contribution < -0.4 is 10.1 Å². The fourth-order valence-electron chi connectivity index (χ4n) is 2.47. The maximum absolute atomic E-state index is 12.1. The van der Waals surface area contributed by atoms with Crippen molar-refractivity contribution in [2.24, 2.45) is 0 Å². The van der Waals surface area contributed by atoms with Crippen molar-refractivity contribution in [1.29, 1.82) is 0 Å². The third kappa shape index (κ3) is 5.23. The minimum absolute atomic E-state index is 0.0315. The van der Waals surface area contributed by atoms with E-state index in [9.17, 15) is 9.59 Å². The van der Waals surface area contributed by atoms with E-state index < -0.39 is 0 Å². The quantitative estimate of drug-likeness (QED) is 0.748. The lowest BCUT2D eigenvalue weighted by Crippen LogP contribution is -2.26. The molecule has 2 aromatic carbocycles. The molecule has 0 aliphatic carbocycles. The number of carbonyl (C=O) groups excluding carboxylic acids is 2. The van der Waals surface area contributed by atoms with E-state index in [2.05, 4.69) is 5.32 Å². The fourth-order valence-corrected chi connectivity index (χ4v) is 2.47. The van der Waals surface area contributed by atoms with Crippen molar-refractivity contribution in [3.63, 3.8) is 0 Å². The van der Waals surface area contributed by atoms with Crippen LogP contribution in [0, 0.1) is 0 Å². The van der Waals surface area contributed by atoms with Gasteiger partial charge in [0.25, 0.3) is 0 Å². The second-order valence-electron chi connectivity index (χ2n) is 5.71. The normalized spacial score (nSPS) is 11.6. The van der Waals surface area contributed by atoms with E-state index >= 15 is 0 Å². The van der Waals surface area contributed by atoms with Crippen LogP contribution in [-0.4, -0.2) is 18.8 Å². The van der Waals surface area contributed by atoms with E-state index in [4.69, 9.17) is 4.74 Å². The molecule has 24 heavy (non-hydrogen) atoms. The van der Waals surface area contributed by atoms with Crippen LogP contribution >= 0.6 is 0 Å². The summed E-state index contributed by atoms with van der Waals surface area (Å²) in [5.74, 6) is 0.733. The molecular formula is C20H23NO3. The molecule has 126 valence electrons. The molecule has 0 aliphatic heterocycles. The molecule has 2 aromatic rings. The third-order valence-electron chi connectivity index (χ3n) is 3.90. The number of rotatable bonds is 8. The second-order valence-corrected chi connectivity index (χ2v) is 5.71. The van der Waals surface area contributed by atoms with E-state index in [-0.39, 0.29) is 17.7 Å². The van der Waals surface area contributed by atoms with E-state index in [0.717, 1.165) is 11.3 Å². The van der Waals surface area contributed by atoms with Crippen molar-refractivity contribution in [1.82, 2.24) is 5.32 Å². The number of hydrogen-bond donors (Lipinski definition) is 1. The van der Waals surface area contributed by atoms with Gasteiger partial charge in [0.05, 0.1) is 13.2 Å². The summed E-state index contributed by atoms with van der Waals surface area (Å²) in [5, 5.41) is 2.96. The minimum Gasteiger partial charge on any atom is -0.497 e. The number of carbonyl (C=O) groups is 2. The number of amides is 1. The Morgan fingerprint density at radius 1 is 1.00 bits per heavy atom. The molecule has 0 saturated carbocycles. The Bertz CT molecular complexity index is 665. The lowest BCUT2D eigenvalue weighted by atomic mass is 10.0. The lowest BCUT2D eigenvalue weighted by molar-refractivity contribution is -0.121. The first kappa shape index (κ1) is 17.7. The number of Topliss-reactive ketones (excluding diaryl/α,β-unsaturated/α-hetero) is 1. The number of ether oxygens (including phenoxy) is 1. The van der Waals surface area contributed by atoms with Gasteiger partial charge in [-0.25, -0.2) is 0 Å². The highest BCUT2D eigenvalue weighted by atomic mass is 16.5. The summed E-state index contributed by atoms with van der Waals surface area (Å²) in [6, 6.07) is 16.8. The zero-order valence-electron chi connectivity index (χ0n) is 14.1. The number of nitrogens with one attached hydrogen (secondary N) is 1. The maximum atomic E-state index is 12.1. The Labute approximate surface area is 142 Å². The maximum Gasteiger partial charge on any atom is 0.220 e. The predicted molar refractivity (Wildman–Crippen MR) is 94.2 cm³/mol. The van der Waals surface area contributed by atoms with Crippen molar-refractivity contribution >= 4 is 11.7 Å². The smallest absolute Gasteiger partial charge is 0.220 e. The van der Waals surface area contributed by atoms with Crippen LogP contribution in [0.5, 0.6) is 5.75 Å². The predicted octanol–water partition coefficient (Wildman–Crippen LogP) is 3.93. The van der Waals surface area contributed by atoms with Gasteiger partial charge in [-0.3, -0.25) is 9.59 Å². The summed E-state index contributed by atoms with van der Waals surface area (Å²) in [7, 11) is 1.59. The first-order chi connectivity index (χ1) is 11.6. The van der Waals surface area contributed by atoms with Crippen LogP contribution in [0.25, 0.3) is 0 Å². The average Bonchev–Trinajstić information content (AvgIpc) is 2.62. The van der Waals surface area contributed by atoms with Gasteiger partial charge in [-0.2, -0.15) is 0 Å². The molecule has 0 aliphatic rings. The van der Waals surface area contributed by atoms with Crippen LogP contribution in [0.2, 0.25) is 0 Å². The molecule has 0 heterocycles. The van der Waals surface area contributed by atoms with Crippen molar-refractivity contribution < 1.29 is 14.3 Å². The van der Waals surface area contributed by atoms with Gasteiger partial charge in [0.15, 0.2) is 5.78 Å². The molecular weight excluding hydrogens is 302 g/mol. The molecule has 1 atom stereocenters. The Morgan fingerprint density at radius 3 is 2.29 bits per heavy atom. The summed E-state index contributed by atoms with van der Waals surface area (Å²) >= 11 is 0. The molecule has 4 nitrogen and oxygen atoms in total. The van der Waals surface area contributed by atoms with E-state index in [1.807, 2.05) is 37.3 Å². The highest BCUT2D eigenvalue weighted by molar-refractivity contribution is 5.96. The molecule has 0 spiro atoms. The van der Waals surface area contributed by atoms with Gasteiger partial charge in [-0.05, 0) is 43.2 Å². The first-order valence-corrected chi connectivity index (χ1v) is 8.11. The fraction of sp³-hybridized carbons (Fsp3) is 0.300. The van der Waals surface area contributed by atoms with Crippen molar-refractivity contribution in [3.8, 4) is 5.75 Å². The Kier molecular flexibility index (Phi) is 6.55. The summed E-state index contributed by atoms with van der Waals surface area (Å²) < 4.78 is 5.07. The first-order valence-electron chi connectivity index (χ1n) is 8.11. The van der Waals surface area contributed by atoms with Crippen LogP contribution in [0.4, 0.5) is 0 Å². The monoisotopic (exact) mass is 325 g/mol. The zero-order valence-corrected chi connectivity index (χ0v) is 14.1. The van der Waals surface area contributed by atoms with E-state index in [0.29, 0.717) is 24.8 Å². The molecule has 0 aromatic heterocycles. The molecule has 0 fully saturated rings. The van der Waals surface area contributed by atoms with Crippen LogP contribution in [0.1, 0.15) is 48.1 Å². The third-order valence-corrected chi connectivity index (χ3v) is 3.90. The van der Waals surface area contributed by atoms with Gasteiger partial charge >= 0.3 is 0 Å². The topological polar surface area (TPSA) is 55.4 Å². The van der Waals surface area contributed by atoms with Gasteiger partial charge in [-0.15, -0.1) is 0 Å². The molecule has 1 unspecified atom stereocenters. The van der Waals surface area contributed by atoms with Crippen molar-refractivity contribution in [2.45, 2.75) is 32.2 Å². The Morgan fingerprint density at radius 2 is 1.67 bits per heavy atom. The van der Waals surface area contributed by atoms with Crippen LogP contribution in [-0.2, 0) is 4.79 Å². The number of hydrogen-bond acceptors (Lipinski definition) is 3. The van der Waals surface area contributed by atoms with Gasteiger partial charge in [0.2, 0.25) is 5.91 Å². The van der Waals surface area contributed by atoms with E-state index in [1.165, 1.54) is 0 Å². The zero-order chi connectivity index (χ0) is 17.4. The Hall–Kier alpha value is -2.62. The van der Waals surface area contributed by atoms with Gasteiger partial charge in [0, 0.05) is 18.4 Å². The Balaban J connectivity index is 1.74. The molecule has 1 N–H and O–H groups in total. The largest absolute Gasteiger partial charge is 0.497 e. The average molecular weight is 325 g/mol. The van der Waals surface area contributed by atoms with Gasteiger partial charge in [0.1, 0.15) is 5.75 Å². The number of methoxy groups -OCH3 is 1. The lowest BCUT2D eigenvalue weighted by Gasteiger charge is -2.14. The highest BCUT2D eigenvalue weighted by Gasteiger charge is 2.11. The molecule has 4 heteroatoms. The van der Waals surface area contributed by atoms with Crippen LogP contribution in [0.3, 0.4) is 0 Å². The molecule has 0 bridgehead atoms. The highest BCUT2D eigenvalue weighted by Crippen LogP contribution is 2.15. The number of benzene rings is 2. The minimum atomic E-state index is -0.0334. The second kappa shape index (κ2) is 8.87. The standard InChI is InChI=1S/C20H23NO3/c1-15(16-7-4-3-5-8-16)21-20(23)10-6-9-19(22)17-11-13-18(24-2)14-12-17/h3-5,7-8,11-15H,6,9-10H2,1-2H3,(H,21,23). The molecule has 1 amide bonds. The summed E-state index contributed by atoms with van der Waals surface area (Å²) in [4.78, 5) is 24.1.